The SMILES string of the molecule is CCCNC(C(C)CC)C1(OCC)CCOCC1. The van der Waals surface area contributed by atoms with Crippen molar-refractivity contribution in [2.24, 2.45) is 5.92 Å². The molecule has 0 aromatic carbocycles. The molecule has 0 aliphatic carbocycles. The summed E-state index contributed by atoms with van der Waals surface area (Å²) in [5.41, 5.74) is -0.0163. The maximum Gasteiger partial charge on any atom is 0.0880 e. The van der Waals surface area contributed by atoms with E-state index in [0.29, 0.717) is 12.0 Å². The smallest absolute Gasteiger partial charge is 0.0880 e. The van der Waals surface area contributed by atoms with E-state index in [2.05, 4.69) is 33.0 Å². The second-order valence-corrected chi connectivity index (χ2v) is 5.43. The quantitative estimate of drug-likeness (QED) is 0.725. The molecule has 0 radical (unpaired) electrons. The Balaban J connectivity index is 2.80. The van der Waals surface area contributed by atoms with Gasteiger partial charge in [0.05, 0.1) is 5.60 Å². The van der Waals surface area contributed by atoms with Gasteiger partial charge < -0.3 is 14.8 Å². The summed E-state index contributed by atoms with van der Waals surface area (Å²) < 4.78 is 11.7. The highest BCUT2D eigenvalue weighted by atomic mass is 16.5. The molecule has 1 aliphatic rings. The molecule has 0 amide bonds. The fourth-order valence-electron chi connectivity index (χ4n) is 2.99. The summed E-state index contributed by atoms with van der Waals surface area (Å²) in [6, 6.07) is 0.450. The fraction of sp³-hybridized carbons (Fsp3) is 1.00. The number of hydrogen-bond acceptors (Lipinski definition) is 3. The molecule has 0 aromatic rings. The first kappa shape index (κ1) is 15.9. The summed E-state index contributed by atoms with van der Waals surface area (Å²) in [5, 5.41) is 3.73. The van der Waals surface area contributed by atoms with Gasteiger partial charge in [-0.3, -0.25) is 0 Å². The predicted molar refractivity (Wildman–Crippen MR) is 75.9 cm³/mol. The average Bonchev–Trinajstić information content (AvgIpc) is 2.40. The second kappa shape index (κ2) is 8.13. The van der Waals surface area contributed by atoms with Crippen molar-refractivity contribution in [2.45, 2.75) is 65.0 Å². The maximum atomic E-state index is 6.21. The minimum absolute atomic E-state index is 0.0163. The van der Waals surface area contributed by atoms with Gasteiger partial charge in [0.25, 0.3) is 0 Å². The van der Waals surface area contributed by atoms with Gasteiger partial charge in [0.1, 0.15) is 0 Å². The lowest BCUT2D eigenvalue weighted by atomic mass is 9.78. The topological polar surface area (TPSA) is 30.5 Å². The molecule has 2 atom stereocenters. The van der Waals surface area contributed by atoms with Crippen molar-refractivity contribution in [2.75, 3.05) is 26.4 Å². The Hall–Kier alpha value is -0.120. The Bertz CT molecular complexity index is 209. The van der Waals surface area contributed by atoms with E-state index in [4.69, 9.17) is 9.47 Å². The van der Waals surface area contributed by atoms with Crippen molar-refractivity contribution in [3.05, 3.63) is 0 Å². The minimum atomic E-state index is -0.0163. The maximum absolute atomic E-state index is 6.21. The van der Waals surface area contributed by atoms with Gasteiger partial charge in [-0.25, -0.2) is 0 Å². The van der Waals surface area contributed by atoms with E-state index in [1.54, 1.807) is 0 Å². The van der Waals surface area contributed by atoms with E-state index in [-0.39, 0.29) is 5.60 Å². The molecule has 0 bridgehead atoms. The number of rotatable bonds is 8. The molecular formula is C15H31NO2. The van der Waals surface area contributed by atoms with E-state index in [1.807, 2.05) is 0 Å². The van der Waals surface area contributed by atoms with Gasteiger partial charge in [0, 0.05) is 38.7 Å². The Morgan fingerprint density at radius 1 is 1.22 bits per heavy atom. The van der Waals surface area contributed by atoms with Crippen LogP contribution < -0.4 is 5.32 Å². The van der Waals surface area contributed by atoms with Crippen LogP contribution in [-0.4, -0.2) is 38.0 Å². The molecule has 2 unspecified atom stereocenters. The fourth-order valence-corrected chi connectivity index (χ4v) is 2.99. The van der Waals surface area contributed by atoms with Gasteiger partial charge in [-0.05, 0) is 25.8 Å². The third-order valence-electron chi connectivity index (χ3n) is 4.16. The van der Waals surface area contributed by atoms with Crippen molar-refractivity contribution in [3.8, 4) is 0 Å². The highest BCUT2D eigenvalue weighted by Crippen LogP contribution is 2.33. The lowest BCUT2D eigenvalue weighted by Crippen LogP contribution is -2.58. The van der Waals surface area contributed by atoms with Crippen molar-refractivity contribution in [1.29, 1.82) is 0 Å². The number of nitrogens with one attached hydrogen (secondary N) is 1. The van der Waals surface area contributed by atoms with Gasteiger partial charge in [0.15, 0.2) is 0 Å². The zero-order chi connectivity index (χ0) is 13.4. The third kappa shape index (κ3) is 3.94. The number of hydrogen-bond donors (Lipinski definition) is 1. The Morgan fingerprint density at radius 3 is 2.39 bits per heavy atom. The van der Waals surface area contributed by atoms with Crippen LogP contribution in [0.4, 0.5) is 0 Å². The van der Waals surface area contributed by atoms with Crippen LogP contribution in [0.5, 0.6) is 0 Å². The van der Waals surface area contributed by atoms with E-state index >= 15 is 0 Å². The normalized spacial score (nSPS) is 22.7. The van der Waals surface area contributed by atoms with Crippen LogP contribution >= 0.6 is 0 Å². The summed E-state index contributed by atoms with van der Waals surface area (Å²) in [6.07, 6.45) is 4.40. The summed E-state index contributed by atoms with van der Waals surface area (Å²) in [4.78, 5) is 0. The van der Waals surface area contributed by atoms with E-state index < -0.39 is 0 Å². The molecule has 0 saturated carbocycles. The molecule has 1 rings (SSSR count). The lowest BCUT2D eigenvalue weighted by molar-refractivity contribution is -0.135. The first-order chi connectivity index (χ1) is 8.70. The van der Waals surface area contributed by atoms with Crippen LogP contribution in [0.1, 0.15) is 53.4 Å². The van der Waals surface area contributed by atoms with Gasteiger partial charge in [-0.2, -0.15) is 0 Å². The van der Waals surface area contributed by atoms with Crippen molar-refractivity contribution >= 4 is 0 Å². The van der Waals surface area contributed by atoms with E-state index in [1.165, 1.54) is 12.8 Å². The van der Waals surface area contributed by atoms with Crippen LogP contribution in [0, 0.1) is 5.92 Å². The molecule has 1 N–H and O–H groups in total. The molecule has 1 heterocycles. The largest absolute Gasteiger partial charge is 0.381 e. The van der Waals surface area contributed by atoms with Gasteiger partial charge in [-0.1, -0.05) is 27.2 Å². The van der Waals surface area contributed by atoms with E-state index in [9.17, 15) is 0 Å². The van der Waals surface area contributed by atoms with Gasteiger partial charge in [-0.15, -0.1) is 0 Å². The van der Waals surface area contributed by atoms with Crippen LogP contribution in [-0.2, 0) is 9.47 Å². The highest BCUT2D eigenvalue weighted by molar-refractivity contribution is 4.97. The Morgan fingerprint density at radius 2 is 1.89 bits per heavy atom. The van der Waals surface area contributed by atoms with Gasteiger partial charge in [0.2, 0.25) is 0 Å². The first-order valence-corrected chi connectivity index (χ1v) is 7.65. The zero-order valence-electron chi connectivity index (χ0n) is 12.6. The van der Waals surface area contributed by atoms with Gasteiger partial charge >= 0.3 is 0 Å². The van der Waals surface area contributed by atoms with Crippen LogP contribution in [0.3, 0.4) is 0 Å². The molecule has 1 saturated heterocycles. The summed E-state index contributed by atoms with van der Waals surface area (Å²) in [5.74, 6) is 0.640. The molecule has 1 aliphatic heterocycles. The van der Waals surface area contributed by atoms with Crippen LogP contribution in [0.25, 0.3) is 0 Å². The molecular weight excluding hydrogens is 226 g/mol. The molecule has 108 valence electrons. The summed E-state index contributed by atoms with van der Waals surface area (Å²) in [6.45, 7) is 12.5. The molecule has 3 heteroatoms. The molecule has 0 spiro atoms. The lowest BCUT2D eigenvalue weighted by Gasteiger charge is -2.46. The van der Waals surface area contributed by atoms with Crippen LogP contribution in [0.2, 0.25) is 0 Å². The minimum Gasteiger partial charge on any atom is -0.381 e. The summed E-state index contributed by atoms with van der Waals surface area (Å²) in [7, 11) is 0. The predicted octanol–water partition coefficient (Wildman–Crippen LogP) is 2.99. The van der Waals surface area contributed by atoms with Crippen molar-refractivity contribution in [3.63, 3.8) is 0 Å². The monoisotopic (exact) mass is 257 g/mol. The third-order valence-corrected chi connectivity index (χ3v) is 4.16. The Labute approximate surface area is 113 Å². The first-order valence-electron chi connectivity index (χ1n) is 7.65. The summed E-state index contributed by atoms with van der Waals surface area (Å²) >= 11 is 0. The van der Waals surface area contributed by atoms with Crippen LogP contribution in [0.15, 0.2) is 0 Å². The second-order valence-electron chi connectivity index (χ2n) is 5.43. The molecule has 18 heavy (non-hydrogen) atoms. The molecule has 1 fully saturated rings. The average molecular weight is 257 g/mol. The van der Waals surface area contributed by atoms with E-state index in [0.717, 1.165) is 39.2 Å². The highest BCUT2D eigenvalue weighted by Gasteiger charge is 2.42. The standard InChI is InChI=1S/C15H31NO2/c1-5-10-16-14(13(4)6-2)15(18-7-3)8-11-17-12-9-15/h13-14,16H,5-12H2,1-4H3. The zero-order valence-corrected chi connectivity index (χ0v) is 12.6. The molecule has 0 aromatic heterocycles. The number of ether oxygens (including phenoxy) is 2. The molecule has 3 nitrogen and oxygen atoms in total. The van der Waals surface area contributed by atoms with Crippen molar-refractivity contribution < 1.29 is 9.47 Å². The Kier molecular flexibility index (Phi) is 7.20. The van der Waals surface area contributed by atoms with Crippen molar-refractivity contribution in [1.82, 2.24) is 5.32 Å².